The number of thioether (sulfide) groups is 4. The number of unbranched alkanes of at least 4 members (excludes halogenated alkanes) is 6. The van der Waals surface area contributed by atoms with Gasteiger partial charge in [-0.15, -0.1) is 0 Å². The highest BCUT2D eigenvalue weighted by Crippen LogP contribution is 2.53. The summed E-state index contributed by atoms with van der Waals surface area (Å²) >= 11 is 7.13. The molecule has 3 nitrogen and oxygen atoms in total. The summed E-state index contributed by atoms with van der Waals surface area (Å²) < 4.78 is 14.2. The third-order valence-electron chi connectivity index (χ3n) is 3.65. The van der Waals surface area contributed by atoms with E-state index in [9.17, 15) is 0 Å². The summed E-state index contributed by atoms with van der Waals surface area (Å²) in [7, 11) is 0. The van der Waals surface area contributed by atoms with Crippen molar-refractivity contribution in [2.24, 2.45) is 0 Å². The Morgan fingerprint density at radius 2 is 1.36 bits per heavy atom. The predicted octanol–water partition coefficient (Wildman–Crippen LogP) is 6.49. The zero-order valence-electron chi connectivity index (χ0n) is 14.6. The maximum absolute atomic E-state index is 8.69. The molecule has 0 unspecified atom stereocenters. The van der Waals surface area contributed by atoms with Crippen molar-refractivity contribution < 1.29 is 14.6 Å². The summed E-state index contributed by atoms with van der Waals surface area (Å²) in [5, 5.41) is 16.1. The van der Waals surface area contributed by atoms with Crippen LogP contribution in [-0.2, 0) is 9.47 Å². The van der Waals surface area contributed by atoms with Crippen molar-refractivity contribution in [3.63, 3.8) is 0 Å². The van der Waals surface area contributed by atoms with Gasteiger partial charge in [0.25, 0.3) is 0 Å². The van der Waals surface area contributed by atoms with Crippen LogP contribution in [0.25, 0.3) is 0 Å². The van der Waals surface area contributed by atoms with Gasteiger partial charge in [0, 0.05) is 25.2 Å². The van der Waals surface area contributed by atoms with Crippen molar-refractivity contribution in [2.45, 2.75) is 51.4 Å². The van der Waals surface area contributed by atoms with Crippen molar-refractivity contribution in [1.29, 1.82) is 0 Å². The van der Waals surface area contributed by atoms with Crippen LogP contribution in [0.1, 0.15) is 51.4 Å². The van der Waals surface area contributed by atoms with Crippen LogP contribution in [0.2, 0.25) is 0 Å². The van der Waals surface area contributed by atoms with Gasteiger partial charge in [0.2, 0.25) is 0 Å². The van der Waals surface area contributed by atoms with Crippen molar-refractivity contribution in [3.05, 3.63) is 29.8 Å². The second kappa shape index (κ2) is 14.4. The molecule has 25 heavy (non-hydrogen) atoms. The fraction of sp³-hybridized carbons (Fsp3) is 0.667. The topological polar surface area (TPSA) is 38.7 Å². The first-order valence-corrected chi connectivity index (χ1v) is 12.4. The maximum Gasteiger partial charge on any atom is 0.165 e. The summed E-state index contributed by atoms with van der Waals surface area (Å²) in [5.74, 6) is 0. The highest BCUT2D eigenvalue weighted by Gasteiger charge is 2.19. The molecule has 0 aliphatic carbocycles. The van der Waals surface area contributed by atoms with Crippen LogP contribution in [-0.4, -0.2) is 31.5 Å². The van der Waals surface area contributed by atoms with Crippen LogP contribution < -0.4 is 0 Å². The van der Waals surface area contributed by atoms with Gasteiger partial charge in [-0.1, -0.05) is 54.5 Å². The summed E-state index contributed by atoms with van der Waals surface area (Å²) in [6.45, 7) is 2.86. The lowest BCUT2D eigenvalue weighted by Crippen LogP contribution is -1.98. The molecular formula is C18H28O3S4. The first kappa shape index (κ1) is 21.6. The second-order valence-corrected chi connectivity index (χ2v) is 10.00. The molecule has 0 saturated heterocycles. The number of rotatable bonds is 14. The van der Waals surface area contributed by atoms with Crippen LogP contribution >= 0.6 is 47.0 Å². The highest BCUT2D eigenvalue weighted by molar-refractivity contribution is 8.33. The SMILES string of the molecule is OCCCCCCOCCCCCCOC1=CSC(=C2SC=CS2)S1. The van der Waals surface area contributed by atoms with E-state index in [0.29, 0.717) is 6.61 Å². The van der Waals surface area contributed by atoms with Crippen LogP contribution in [0.15, 0.2) is 29.8 Å². The van der Waals surface area contributed by atoms with Crippen molar-refractivity contribution in [2.75, 3.05) is 26.4 Å². The van der Waals surface area contributed by atoms with Crippen LogP contribution in [0.3, 0.4) is 0 Å². The molecular weight excluding hydrogens is 392 g/mol. The van der Waals surface area contributed by atoms with Gasteiger partial charge in [0.15, 0.2) is 5.09 Å². The van der Waals surface area contributed by atoms with E-state index in [1.807, 2.05) is 0 Å². The molecule has 0 atom stereocenters. The van der Waals surface area contributed by atoms with Gasteiger partial charge in [-0.3, -0.25) is 0 Å². The van der Waals surface area contributed by atoms with E-state index >= 15 is 0 Å². The van der Waals surface area contributed by atoms with E-state index < -0.39 is 0 Å². The van der Waals surface area contributed by atoms with E-state index in [1.54, 1.807) is 47.0 Å². The normalized spacial score (nSPS) is 16.8. The molecule has 0 saturated carbocycles. The van der Waals surface area contributed by atoms with Crippen molar-refractivity contribution in [3.8, 4) is 0 Å². The average molecular weight is 421 g/mol. The Bertz CT molecular complexity index is 453. The van der Waals surface area contributed by atoms with Crippen LogP contribution in [0.5, 0.6) is 0 Å². The lowest BCUT2D eigenvalue weighted by Gasteiger charge is -2.07. The lowest BCUT2D eigenvalue weighted by atomic mass is 10.2. The quantitative estimate of drug-likeness (QED) is 0.322. The summed E-state index contributed by atoms with van der Waals surface area (Å²) in [4.78, 5) is 0. The Morgan fingerprint density at radius 1 is 0.720 bits per heavy atom. The van der Waals surface area contributed by atoms with Gasteiger partial charge >= 0.3 is 0 Å². The van der Waals surface area contributed by atoms with Crippen molar-refractivity contribution >= 4 is 47.0 Å². The molecule has 2 aliphatic rings. The number of aliphatic hydroxyl groups is 1. The Kier molecular flexibility index (Phi) is 12.5. The third-order valence-corrected chi connectivity index (χ3v) is 8.56. The van der Waals surface area contributed by atoms with E-state index in [-0.39, 0.29) is 0 Å². The first-order valence-electron chi connectivity index (χ1n) is 8.99. The molecule has 2 aliphatic heterocycles. The summed E-state index contributed by atoms with van der Waals surface area (Å²) in [6, 6.07) is 0. The molecule has 2 heterocycles. The van der Waals surface area contributed by atoms with E-state index in [0.717, 1.165) is 63.4 Å². The molecule has 0 aromatic carbocycles. The van der Waals surface area contributed by atoms with Gasteiger partial charge in [0.05, 0.1) is 15.1 Å². The summed E-state index contributed by atoms with van der Waals surface area (Å²) in [5.41, 5.74) is 0. The fourth-order valence-electron chi connectivity index (χ4n) is 2.30. The summed E-state index contributed by atoms with van der Waals surface area (Å²) in [6.07, 6.45) is 8.98. The Balaban J connectivity index is 1.34. The number of hydrogen-bond acceptors (Lipinski definition) is 7. The average Bonchev–Trinajstić information content (AvgIpc) is 3.30. The number of hydrogen-bond donors (Lipinski definition) is 1. The number of ether oxygens (including phenoxy) is 2. The molecule has 0 aromatic rings. The van der Waals surface area contributed by atoms with Gasteiger partial charge in [0.1, 0.15) is 0 Å². The Labute approximate surface area is 168 Å². The standard InChI is InChI=1S/C18H28O3S4/c19-9-5-1-2-6-10-20-11-7-3-4-8-12-21-16-15-24-18(25-16)17-22-13-14-23-17/h13-15,19H,1-12H2. The van der Waals surface area contributed by atoms with Gasteiger partial charge in [-0.05, 0) is 54.7 Å². The minimum absolute atomic E-state index is 0.313. The van der Waals surface area contributed by atoms with E-state index in [2.05, 4.69) is 16.2 Å². The van der Waals surface area contributed by atoms with Crippen LogP contribution in [0.4, 0.5) is 0 Å². The molecule has 2 rings (SSSR count). The van der Waals surface area contributed by atoms with Gasteiger partial charge in [-0.25, -0.2) is 0 Å². The molecule has 0 fully saturated rings. The smallest absolute Gasteiger partial charge is 0.165 e. The lowest BCUT2D eigenvalue weighted by molar-refractivity contribution is 0.124. The molecule has 1 N–H and O–H groups in total. The van der Waals surface area contributed by atoms with Crippen LogP contribution in [0, 0.1) is 0 Å². The van der Waals surface area contributed by atoms with Gasteiger partial charge in [-0.2, -0.15) is 0 Å². The second-order valence-electron chi connectivity index (χ2n) is 5.75. The van der Waals surface area contributed by atoms with Crippen molar-refractivity contribution in [1.82, 2.24) is 0 Å². The third kappa shape index (κ3) is 9.73. The zero-order valence-corrected chi connectivity index (χ0v) is 17.9. The van der Waals surface area contributed by atoms with Gasteiger partial charge < -0.3 is 14.6 Å². The number of aliphatic hydroxyl groups excluding tert-OH is 1. The zero-order chi connectivity index (χ0) is 17.6. The molecule has 142 valence electrons. The Hall–Kier alpha value is 0.340. The Morgan fingerprint density at radius 3 is 2.04 bits per heavy atom. The minimum Gasteiger partial charge on any atom is -0.486 e. The fourth-order valence-corrected chi connectivity index (χ4v) is 6.55. The predicted molar refractivity (Wildman–Crippen MR) is 115 cm³/mol. The highest BCUT2D eigenvalue weighted by atomic mass is 32.2. The first-order chi connectivity index (χ1) is 12.4. The largest absolute Gasteiger partial charge is 0.486 e. The maximum atomic E-state index is 8.69. The minimum atomic E-state index is 0.313. The monoisotopic (exact) mass is 420 g/mol. The van der Waals surface area contributed by atoms with E-state index in [4.69, 9.17) is 14.6 Å². The molecule has 0 amide bonds. The molecule has 0 spiro atoms. The molecule has 7 heteroatoms. The molecule has 0 aromatic heterocycles. The molecule has 0 radical (unpaired) electrons. The van der Waals surface area contributed by atoms with E-state index in [1.165, 1.54) is 21.3 Å². The molecule has 0 bridgehead atoms.